The number of rotatable bonds is 5. The van der Waals surface area contributed by atoms with Gasteiger partial charge in [-0.25, -0.2) is 13.2 Å². The van der Waals surface area contributed by atoms with Gasteiger partial charge in [0.15, 0.2) is 17.4 Å². The molecule has 2 nitrogen and oxygen atoms in total. The van der Waals surface area contributed by atoms with E-state index in [2.05, 4.69) is 6.92 Å². The van der Waals surface area contributed by atoms with Crippen molar-refractivity contribution in [3.8, 4) is 11.5 Å². The van der Waals surface area contributed by atoms with Crippen LogP contribution in [-0.4, -0.2) is 5.60 Å². The second-order valence-corrected chi connectivity index (χ2v) is 8.45. The lowest BCUT2D eigenvalue weighted by atomic mass is 10.0. The maximum Gasteiger partial charge on any atom is 0.191 e. The van der Waals surface area contributed by atoms with E-state index in [0.717, 1.165) is 12.0 Å². The zero-order valence-electron chi connectivity index (χ0n) is 15.7. The van der Waals surface area contributed by atoms with Crippen LogP contribution >= 0.6 is 0 Å². The van der Waals surface area contributed by atoms with Crippen LogP contribution < -0.4 is 9.47 Å². The van der Waals surface area contributed by atoms with Crippen molar-refractivity contribution in [2.24, 2.45) is 11.8 Å². The smallest absolute Gasteiger partial charge is 0.191 e. The largest absolute Gasteiger partial charge is 0.487 e. The molecule has 2 aromatic rings. The van der Waals surface area contributed by atoms with Crippen molar-refractivity contribution in [1.29, 1.82) is 0 Å². The fraction of sp³-hybridized carbons (Fsp3) is 0.455. The number of hydrogen-bond donors (Lipinski definition) is 0. The molecular formula is C22H23F3O2. The monoisotopic (exact) mass is 376 g/mol. The van der Waals surface area contributed by atoms with Gasteiger partial charge in [0, 0.05) is 17.5 Å². The summed E-state index contributed by atoms with van der Waals surface area (Å²) in [5.74, 6) is -0.638. The molecule has 1 aliphatic heterocycles. The third-order valence-electron chi connectivity index (χ3n) is 5.41. The van der Waals surface area contributed by atoms with E-state index in [1.807, 2.05) is 13.8 Å². The molecule has 27 heavy (non-hydrogen) atoms. The molecule has 2 aromatic carbocycles. The zero-order chi connectivity index (χ0) is 19.3. The molecule has 144 valence electrons. The molecule has 0 saturated heterocycles. The van der Waals surface area contributed by atoms with Crippen molar-refractivity contribution in [3.63, 3.8) is 0 Å². The Morgan fingerprint density at radius 3 is 2.41 bits per heavy atom. The van der Waals surface area contributed by atoms with Crippen LogP contribution in [0.5, 0.6) is 11.5 Å². The van der Waals surface area contributed by atoms with Crippen LogP contribution in [0.1, 0.15) is 43.9 Å². The summed E-state index contributed by atoms with van der Waals surface area (Å²) in [6.45, 7) is 5.79. The summed E-state index contributed by atoms with van der Waals surface area (Å²) in [4.78, 5) is 0. The first-order valence-electron chi connectivity index (χ1n) is 9.33. The fourth-order valence-corrected chi connectivity index (χ4v) is 3.86. The van der Waals surface area contributed by atoms with Crippen LogP contribution in [0.25, 0.3) is 0 Å². The summed E-state index contributed by atoms with van der Waals surface area (Å²) < 4.78 is 54.0. The average Bonchev–Trinajstić information content (AvgIpc) is 3.13. The molecule has 0 amide bonds. The van der Waals surface area contributed by atoms with Crippen molar-refractivity contribution in [2.45, 2.75) is 52.2 Å². The topological polar surface area (TPSA) is 18.5 Å². The SMILES string of the molecule is CC1CC1Cc1cc(F)c(OCc2cc(F)cc3c2OC(C)(C)C3)c(F)c1. The van der Waals surface area contributed by atoms with Gasteiger partial charge in [0.2, 0.25) is 0 Å². The van der Waals surface area contributed by atoms with E-state index in [1.165, 1.54) is 24.3 Å². The van der Waals surface area contributed by atoms with Gasteiger partial charge in [0.1, 0.15) is 23.8 Å². The number of halogens is 3. The first kappa shape index (κ1) is 18.2. The van der Waals surface area contributed by atoms with Gasteiger partial charge >= 0.3 is 0 Å². The molecule has 0 N–H and O–H groups in total. The molecule has 0 spiro atoms. The van der Waals surface area contributed by atoms with Crippen LogP contribution in [0.3, 0.4) is 0 Å². The minimum absolute atomic E-state index is 0.164. The van der Waals surface area contributed by atoms with Gasteiger partial charge in [-0.15, -0.1) is 0 Å². The van der Waals surface area contributed by atoms with Crippen molar-refractivity contribution in [1.82, 2.24) is 0 Å². The van der Waals surface area contributed by atoms with Crippen molar-refractivity contribution in [2.75, 3.05) is 0 Å². The molecule has 1 aliphatic carbocycles. The van der Waals surface area contributed by atoms with E-state index in [1.54, 1.807) is 0 Å². The van der Waals surface area contributed by atoms with E-state index < -0.39 is 28.8 Å². The number of ether oxygens (including phenoxy) is 2. The van der Waals surface area contributed by atoms with Gasteiger partial charge in [-0.1, -0.05) is 6.92 Å². The van der Waals surface area contributed by atoms with Crippen molar-refractivity contribution < 1.29 is 22.6 Å². The first-order valence-corrected chi connectivity index (χ1v) is 9.33. The predicted molar refractivity (Wildman–Crippen MR) is 96.5 cm³/mol. The van der Waals surface area contributed by atoms with E-state index in [-0.39, 0.29) is 6.61 Å². The predicted octanol–water partition coefficient (Wildman–Crippen LogP) is 5.59. The lowest BCUT2D eigenvalue weighted by Gasteiger charge is -2.18. The molecule has 0 aromatic heterocycles. The van der Waals surface area contributed by atoms with E-state index >= 15 is 0 Å². The first-order chi connectivity index (χ1) is 12.7. The maximum atomic E-state index is 14.4. The summed E-state index contributed by atoms with van der Waals surface area (Å²) in [5, 5.41) is 0. The Kier molecular flexibility index (Phi) is 4.36. The molecule has 2 atom stereocenters. The Morgan fingerprint density at radius 1 is 1.11 bits per heavy atom. The van der Waals surface area contributed by atoms with Gasteiger partial charge in [0.25, 0.3) is 0 Å². The molecule has 2 unspecified atom stereocenters. The van der Waals surface area contributed by atoms with Crippen molar-refractivity contribution in [3.05, 3.63) is 58.4 Å². The van der Waals surface area contributed by atoms with Crippen LogP contribution in [0.4, 0.5) is 13.2 Å². The molecule has 0 radical (unpaired) electrons. The second kappa shape index (κ2) is 6.47. The number of fused-ring (bicyclic) bond motifs is 1. The molecule has 5 heteroatoms. The Morgan fingerprint density at radius 2 is 1.78 bits per heavy atom. The fourth-order valence-electron chi connectivity index (χ4n) is 3.86. The van der Waals surface area contributed by atoms with Gasteiger partial charge in [-0.3, -0.25) is 0 Å². The molecular weight excluding hydrogens is 353 g/mol. The molecule has 2 aliphatic rings. The minimum Gasteiger partial charge on any atom is -0.487 e. The highest BCUT2D eigenvalue weighted by molar-refractivity contribution is 5.46. The lowest BCUT2D eigenvalue weighted by Crippen LogP contribution is -2.25. The third-order valence-corrected chi connectivity index (χ3v) is 5.41. The van der Waals surface area contributed by atoms with Crippen LogP contribution in [0, 0.1) is 29.3 Å². The molecule has 1 fully saturated rings. The van der Waals surface area contributed by atoms with Gasteiger partial charge in [-0.2, -0.15) is 0 Å². The van der Waals surface area contributed by atoms with Crippen molar-refractivity contribution >= 4 is 0 Å². The molecule has 0 bridgehead atoms. The Bertz CT molecular complexity index is 868. The van der Waals surface area contributed by atoms with Crippen LogP contribution in [0.15, 0.2) is 24.3 Å². The summed E-state index contributed by atoms with van der Waals surface area (Å²) in [5.41, 5.74) is 1.39. The lowest BCUT2D eigenvalue weighted by molar-refractivity contribution is 0.135. The summed E-state index contributed by atoms with van der Waals surface area (Å²) >= 11 is 0. The van der Waals surface area contributed by atoms with Crippen LogP contribution in [0.2, 0.25) is 0 Å². The van der Waals surface area contributed by atoms with Crippen LogP contribution in [-0.2, 0) is 19.4 Å². The number of hydrogen-bond acceptors (Lipinski definition) is 2. The molecule has 1 heterocycles. The quantitative estimate of drug-likeness (QED) is 0.677. The zero-order valence-corrected chi connectivity index (χ0v) is 15.7. The summed E-state index contributed by atoms with van der Waals surface area (Å²) in [6.07, 6.45) is 2.35. The van der Waals surface area contributed by atoms with E-state index in [0.29, 0.717) is 41.6 Å². The maximum absolute atomic E-state index is 14.4. The highest BCUT2D eigenvalue weighted by Gasteiger charge is 2.34. The Balaban J connectivity index is 1.53. The Labute approximate surface area is 157 Å². The highest BCUT2D eigenvalue weighted by atomic mass is 19.1. The third kappa shape index (κ3) is 3.78. The second-order valence-electron chi connectivity index (χ2n) is 8.45. The summed E-state index contributed by atoms with van der Waals surface area (Å²) in [6, 6.07) is 5.39. The van der Waals surface area contributed by atoms with E-state index in [9.17, 15) is 13.2 Å². The molecule has 4 rings (SSSR count). The standard InChI is InChI=1S/C22H23F3O2/c1-12-4-14(12)5-13-6-18(24)21(19(25)7-13)26-11-16-9-17(23)8-15-10-22(2,3)27-20(15)16/h6-9,12,14H,4-5,10-11H2,1-3H3. The van der Waals surface area contributed by atoms with E-state index in [4.69, 9.17) is 9.47 Å². The average molecular weight is 376 g/mol. The van der Waals surface area contributed by atoms with Gasteiger partial charge < -0.3 is 9.47 Å². The van der Waals surface area contributed by atoms with Gasteiger partial charge in [0.05, 0.1) is 0 Å². The minimum atomic E-state index is -0.729. The highest BCUT2D eigenvalue weighted by Crippen LogP contribution is 2.41. The normalized spacial score (nSPS) is 22.3. The Hall–Kier alpha value is -2.17. The summed E-state index contributed by atoms with van der Waals surface area (Å²) in [7, 11) is 0. The molecule has 1 saturated carbocycles. The van der Waals surface area contributed by atoms with Gasteiger partial charge in [-0.05, 0) is 68.4 Å². The number of benzene rings is 2.